The minimum absolute atomic E-state index is 0.137. The molecule has 1 rings (SSSR count). The first-order valence-corrected chi connectivity index (χ1v) is 6.71. The van der Waals surface area contributed by atoms with E-state index in [0.717, 1.165) is 5.56 Å². The lowest BCUT2D eigenvalue weighted by atomic mass is 10.1. The fourth-order valence-electron chi connectivity index (χ4n) is 1.99. The normalized spacial score (nSPS) is 10.2. The number of methoxy groups -OCH3 is 2. The number of anilines is 1. The molecule has 0 atom stereocenters. The Morgan fingerprint density at radius 3 is 2.52 bits per heavy atom. The van der Waals surface area contributed by atoms with Crippen molar-refractivity contribution in [3.8, 4) is 0 Å². The first-order valence-electron chi connectivity index (χ1n) is 6.71. The summed E-state index contributed by atoms with van der Waals surface area (Å²) in [6.07, 6.45) is 0.137. The molecule has 1 amide bonds. The van der Waals surface area contributed by atoms with Crippen LogP contribution in [0, 0.1) is 6.92 Å². The lowest BCUT2D eigenvalue weighted by Gasteiger charge is -2.23. The van der Waals surface area contributed by atoms with E-state index in [1.54, 1.807) is 24.1 Å². The highest BCUT2D eigenvalue weighted by Gasteiger charge is 2.20. The molecule has 0 radical (unpaired) electrons. The van der Waals surface area contributed by atoms with Crippen LogP contribution in [-0.4, -0.2) is 50.7 Å². The molecule has 0 aliphatic rings. The molecule has 1 aromatic carbocycles. The number of aryl methyl sites for hydroxylation is 1. The van der Waals surface area contributed by atoms with Crippen molar-refractivity contribution >= 4 is 17.6 Å². The Morgan fingerprint density at radius 1 is 1.24 bits per heavy atom. The van der Waals surface area contributed by atoms with E-state index in [9.17, 15) is 9.59 Å². The number of benzene rings is 1. The van der Waals surface area contributed by atoms with E-state index in [4.69, 9.17) is 10.5 Å². The summed E-state index contributed by atoms with van der Waals surface area (Å²) in [7, 11) is 2.88. The summed E-state index contributed by atoms with van der Waals surface area (Å²) >= 11 is 0. The van der Waals surface area contributed by atoms with Gasteiger partial charge < -0.3 is 20.1 Å². The maximum Gasteiger partial charge on any atom is 0.307 e. The van der Waals surface area contributed by atoms with Gasteiger partial charge in [0.05, 0.1) is 25.7 Å². The lowest BCUT2D eigenvalue weighted by molar-refractivity contribution is -0.140. The molecule has 6 nitrogen and oxygen atoms in total. The second-order valence-corrected chi connectivity index (χ2v) is 4.65. The summed E-state index contributed by atoms with van der Waals surface area (Å²) in [6, 6.07) is 5.32. The Morgan fingerprint density at radius 2 is 1.95 bits per heavy atom. The number of nitrogens with two attached hydrogens (primary N) is 1. The zero-order valence-corrected chi connectivity index (χ0v) is 12.7. The van der Waals surface area contributed by atoms with Crippen LogP contribution in [0.25, 0.3) is 0 Å². The first-order chi connectivity index (χ1) is 10.0. The van der Waals surface area contributed by atoms with E-state index >= 15 is 0 Å². The lowest BCUT2D eigenvalue weighted by Crippen LogP contribution is -2.36. The number of nitrogens with zero attached hydrogens (tertiary/aromatic N) is 1. The molecule has 0 unspecified atom stereocenters. The van der Waals surface area contributed by atoms with E-state index in [-0.39, 0.29) is 24.8 Å². The quantitative estimate of drug-likeness (QED) is 0.604. The molecule has 0 saturated carbocycles. The summed E-state index contributed by atoms with van der Waals surface area (Å²) in [4.78, 5) is 25.5. The zero-order chi connectivity index (χ0) is 15.8. The summed E-state index contributed by atoms with van der Waals surface area (Å²) in [5, 5.41) is 0. The van der Waals surface area contributed by atoms with Gasteiger partial charge in [-0.3, -0.25) is 9.59 Å². The number of carbonyl (C=O) groups excluding carboxylic acids is 2. The number of esters is 1. The van der Waals surface area contributed by atoms with E-state index in [0.29, 0.717) is 24.4 Å². The van der Waals surface area contributed by atoms with Crippen LogP contribution in [0.4, 0.5) is 5.69 Å². The maximum atomic E-state index is 12.6. The van der Waals surface area contributed by atoms with Gasteiger partial charge in [-0.2, -0.15) is 0 Å². The maximum absolute atomic E-state index is 12.6. The smallest absolute Gasteiger partial charge is 0.307 e. The average molecular weight is 294 g/mol. The van der Waals surface area contributed by atoms with Crippen LogP contribution < -0.4 is 5.73 Å². The molecule has 0 saturated heterocycles. The van der Waals surface area contributed by atoms with Gasteiger partial charge in [-0.05, 0) is 18.6 Å². The number of ether oxygens (including phenoxy) is 2. The standard InChI is InChI=1S/C15H22N2O4/c1-11-5-4-6-12(16)14(11)15(19)17(9-10-20-2)8-7-13(18)21-3/h4-6H,7-10,16H2,1-3H3. The van der Waals surface area contributed by atoms with E-state index in [1.165, 1.54) is 7.11 Å². The SMILES string of the molecule is COCCN(CCC(=O)OC)C(=O)c1c(C)cccc1N. The largest absolute Gasteiger partial charge is 0.469 e. The third-order valence-corrected chi connectivity index (χ3v) is 3.18. The van der Waals surface area contributed by atoms with Crippen molar-refractivity contribution < 1.29 is 19.1 Å². The van der Waals surface area contributed by atoms with Crippen molar-refractivity contribution in [2.75, 3.05) is 39.6 Å². The second-order valence-electron chi connectivity index (χ2n) is 4.65. The van der Waals surface area contributed by atoms with Crippen molar-refractivity contribution in [1.82, 2.24) is 4.90 Å². The monoisotopic (exact) mass is 294 g/mol. The molecular formula is C15H22N2O4. The zero-order valence-electron chi connectivity index (χ0n) is 12.7. The number of hydrogen-bond donors (Lipinski definition) is 1. The van der Waals surface area contributed by atoms with Gasteiger partial charge in [-0.15, -0.1) is 0 Å². The average Bonchev–Trinajstić information content (AvgIpc) is 2.46. The van der Waals surface area contributed by atoms with Gasteiger partial charge in [0, 0.05) is 25.9 Å². The fourth-order valence-corrected chi connectivity index (χ4v) is 1.99. The van der Waals surface area contributed by atoms with Crippen LogP contribution in [-0.2, 0) is 14.3 Å². The van der Waals surface area contributed by atoms with Crippen molar-refractivity contribution in [2.24, 2.45) is 0 Å². The predicted octanol–water partition coefficient (Wildman–Crippen LogP) is 1.23. The highest BCUT2D eigenvalue weighted by Crippen LogP contribution is 2.18. The van der Waals surface area contributed by atoms with Crippen molar-refractivity contribution in [3.05, 3.63) is 29.3 Å². The molecule has 1 aromatic rings. The highest BCUT2D eigenvalue weighted by atomic mass is 16.5. The van der Waals surface area contributed by atoms with Crippen LogP contribution >= 0.6 is 0 Å². The van der Waals surface area contributed by atoms with E-state index in [1.807, 2.05) is 13.0 Å². The van der Waals surface area contributed by atoms with Gasteiger partial charge in [0.25, 0.3) is 5.91 Å². The number of hydrogen-bond acceptors (Lipinski definition) is 5. The summed E-state index contributed by atoms with van der Waals surface area (Å²) < 4.78 is 9.62. The molecule has 0 aliphatic carbocycles. The first kappa shape index (κ1) is 17.0. The molecule has 2 N–H and O–H groups in total. The Balaban J connectivity index is 2.91. The van der Waals surface area contributed by atoms with Gasteiger partial charge in [-0.25, -0.2) is 0 Å². The molecule has 0 fully saturated rings. The molecule has 0 aliphatic heterocycles. The number of carbonyl (C=O) groups is 2. The second kappa shape index (κ2) is 8.26. The number of rotatable bonds is 7. The topological polar surface area (TPSA) is 81.9 Å². The van der Waals surface area contributed by atoms with Crippen LogP contribution in [0.5, 0.6) is 0 Å². The van der Waals surface area contributed by atoms with E-state index in [2.05, 4.69) is 4.74 Å². The Bertz CT molecular complexity index is 482. The highest BCUT2D eigenvalue weighted by molar-refractivity contribution is 6.00. The Hall–Kier alpha value is -2.08. The van der Waals surface area contributed by atoms with Crippen molar-refractivity contribution in [3.63, 3.8) is 0 Å². The molecule has 116 valence electrons. The Labute approximate surface area is 124 Å². The Kier molecular flexibility index (Phi) is 6.68. The molecule has 0 spiro atoms. The fraction of sp³-hybridized carbons (Fsp3) is 0.467. The van der Waals surface area contributed by atoms with Crippen LogP contribution in [0.3, 0.4) is 0 Å². The molecule has 6 heteroatoms. The number of nitrogen functional groups attached to an aromatic ring is 1. The van der Waals surface area contributed by atoms with Gasteiger partial charge in [0.15, 0.2) is 0 Å². The molecule has 0 heterocycles. The minimum atomic E-state index is -0.358. The van der Waals surface area contributed by atoms with Gasteiger partial charge >= 0.3 is 5.97 Å². The summed E-state index contributed by atoms with van der Waals surface area (Å²) in [5.74, 6) is -0.561. The predicted molar refractivity (Wildman–Crippen MR) is 80.0 cm³/mol. The van der Waals surface area contributed by atoms with Gasteiger partial charge in [0.2, 0.25) is 0 Å². The summed E-state index contributed by atoms with van der Waals surface area (Å²) in [5.41, 5.74) is 7.61. The third kappa shape index (κ3) is 4.75. The number of amides is 1. The van der Waals surface area contributed by atoms with Crippen molar-refractivity contribution in [1.29, 1.82) is 0 Å². The molecule has 21 heavy (non-hydrogen) atoms. The minimum Gasteiger partial charge on any atom is -0.469 e. The molecule has 0 bridgehead atoms. The van der Waals surface area contributed by atoms with Crippen molar-refractivity contribution in [2.45, 2.75) is 13.3 Å². The van der Waals surface area contributed by atoms with Crippen LogP contribution in [0.1, 0.15) is 22.3 Å². The van der Waals surface area contributed by atoms with Gasteiger partial charge in [-0.1, -0.05) is 12.1 Å². The van der Waals surface area contributed by atoms with Crippen LogP contribution in [0.2, 0.25) is 0 Å². The molecule has 0 aromatic heterocycles. The van der Waals surface area contributed by atoms with Crippen LogP contribution in [0.15, 0.2) is 18.2 Å². The third-order valence-electron chi connectivity index (χ3n) is 3.18. The van der Waals surface area contributed by atoms with E-state index < -0.39 is 0 Å². The van der Waals surface area contributed by atoms with Gasteiger partial charge in [0.1, 0.15) is 0 Å². The summed E-state index contributed by atoms with van der Waals surface area (Å²) in [6.45, 7) is 2.87. The molecular weight excluding hydrogens is 272 g/mol.